The number of ether oxygens (including phenoxy) is 2. The number of amides is 1. The van der Waals surface area contributed by atoms with Crippen LogP contribution in [0.4, 0.5) is 0 Å². The molecule has 0 radical (unpaired) electrons. The predicted octanol–water partition coefficient (Wildman–Crippen LogP) is 4.75. The number of halogens is 1. The zero-order valence-electron chi connectivity index (χ0n) is 14.5. The van der Waals surface area contributed by atoms with Crippen molar-refractivity contribution in [2.45, 2.75) is 6.61 Å². The van der Waals surface area contributed by atoms with E-state index in [0.717, 1.165) is 11.1 Å². The molecule has 5 nitrogen and oxygen atoms in total. The first kappa shape index (κ1) is 18.9. The maximum Gasteiger partial charge on any atom is 0.281 e. The number of benzene rings is 2. The Labute approximate surface area is 166 Å². The van der Waals surface area contributed by atoms with Crippen LogP contribution in [0.3, 0.4) is 0 Å². The van der Waals surface area contributed by atoms with Crippen LogP contribution in [0.15, 0.2) is 65.8 Å². The van der Waals surface area contributed by atoms with Crippen LogP contribution in [0.1, 0.15) is 20.8 Å². The van der Waals surface area contributed by atoms with Gasteiger partial charge in [-0.25, -0.2) is 5.43 Å². The Kier molecular flexibility index (Phi) is 6.46. The zero-order chi connectivity index (χ0) is 19.1. The second-order valence-electron chi connectivity index (χ2n) is 5.49. The number of hydrogen-bond donors (Lipinski definition) is 1. The lowest BCUT2D eigenvalue weighted by atomic mass is 10.2. The highest BCUT2D eigenvalue weighted by atomic mass is 35.5. The molecule has 3 aromatic rings. The first-order chi connectivity index (χ1) is 13.2. The number of carbonyl (C=O) groups excluding carboxylic acids is 1. The zero-order valence-corrected chi connectivity index (χ0v) is 16.1. The second kappa shape index (κ2) is 9.21. The fourth-order valence-electron chi connectivity index (χ4n) is 2.28. The summed E-state index contributed by atoms with van der Waals surface area (Å²) >= 11 is 7.02. The van der Waals surface area contributed by atoms with Crippen LogP contribution in [0, 0.1) is 0 Å². The molecule has 0 aliphatic heterocycles. The summed E-state index contributed by atoms with van der Waals surface area (Å²) in [7, 11) is 1.58. The quantitative estimate of drug-likeness (QED) is 0.459. The highest BCUT2D eigenvalue weighted by molar-refractivity contribution is 7.17. The Morgan fingerprint density at radius 1 is 1.15 bits per heavy atom. The molecule has 7 heteroatoms. The van der Waals surface area contributed by atoms with E-state index in [2.05, 4.69) is 10.5 Å². The summed E-state index contributed by atoms with van der Waals surface area (Å²) in [4.78, 5) is 12.4. The molecule has 0 atom stereocenters. The highest BCUT2D eigenvalue weighted by Crippen LogP contribution is 2.28. The lowest BCUT2D eigenvalue weighted by Gasteiger charge is -2.11. The van der Waals surface area contributed by atoms with Gasteiger partial charge in [-0.05, 0) is 41.5 Å². The van der Waals surface area contributed by atoms with Crippen molar-refractivity contribution in [2.24, 2.45) is 5.10 Å². The molecule has 2 aromatic carbocycles. The van der Waals surface area contributed by atoms with Gasteiger partial charge in [0.2, 0.25) is 0 Å². The largest absolute Gasteiger partial charge is 0.493 e. The molecule has 0 fully saturated rings. The fraction of sp³-hybridized carbons (Fsp3) is 0.100. The lowest BCUT2D eigenvalue weighted by Crippen LogP contribution is -2.16. The van der Waals surface area contributed by atoms with Gasteiger partial charge in [-0.1, -0.05) is 41.9 Å². The lowest BCUT2D eigenvalue weighted by molar-refractivity contribution is 0.0959. The Hall–Kier alpha value is -2.83. The van der Waals surface area contributed by atoms with Gasteiger partial charge >= 0.3 is 0 Å². The number of nitrogens with one attached hydrogen (secondary N) is 1. The van der Waals surface area contributed by atoms with Gasteiger partial charge in [-0.3, -0.25) is 4.79 Å². The third kappa shape index (κ3) is 5.32. The molecule has 1 amide bonds. The molecular weight excluding hydrogens is 384 g/mol. The summed E-state index contributed by atoms with van der Waals surface area (Å²) in [5.41, 5.74) is 4.31. The number of nitrogens with zero attached hydrogens (tertiary/aromatic N) is 1. The third-order valence-corrected chi connectivity index (χ3v) is 4.83. The van der Waals surface area contributed by atoms with Crippen molar-refractivity contribution >= 4 is 35.1 Å². The van der Waals surface area contributed by atoms with Crippen LogP contribution in [0.5, 0.6) is 11.5 Å². The molecule has 0 aliphatic carbocycles. The summed E-state index contributed by atoms with van der Waals surface area (Å²) in [6.45, 7) is 0.448. The van der Waals surface area contributed by atoms with Crippen molar-refractivity contribution in [3.05, 3.63) is 81.0 Å². The average molecular weight is 401 g/mol. The molecule has 27 heavy (non-hydrogen) atoms. The Morgan fingerprint density at radius 3 is 2.67 bits per heavy atom. The van der Waals surface area contributed by atoms with E-state index in [1.54, 1.807) is 25.3 Å². The van der Waals surface area contributed by atoms with Crippen LogP contribution in [-0.2, 0) is 6.61 Å². The van der Waals surface area contributed by atoms with E-state index in [-0.39, 0.29) is 5.91 Å². The number of hydrogen-bond acceptors (Lipinski definition) is 5. The van der Waals surface area contributed by atoms with Gasteiger partial charge in [-0.15, -0.1) is 11.3 Å². The van der Waals surface area contributed by atoms with E-state index in [4.69, 9.17) is 21.1 Å². The van der Waals surface area contributed by atoms with Crippen molar-refractivity contribution in [3.8, 4) is 11.5 Å². The summed E-state index contributed by atoms with van der Waals surface area (Å²) in [5.74, 6) is 0.917. The molecule has 0 unspecified atom stereocenters. The van der Waals surface area contributed by atoms with Crippen LogP contribution in [0.25, 0.3) is 0 Å². The summed E-state index contributed by atoms with van der Waals surface area (Å²) in [6, 6.07) is 18.6. The molecule has 0 saturated carbocycles. The molecule has 0 spiro atoms. The van der Waals surface area contributed by atoms with Crippen LogP contribution in [0.2, 0.25) is 4.34 Å². The number of methoxy groups -OCH3 is 1. The minimum Gasteiger partial charge on any atom is -0.493 e. The van der Waals surface area contributed by atoms with Gasteiger partial charge in [-0.2, -0.15) is 5.10 Å². The topological polar surface area (TPSA) is 59.9 Å². The van der Waals surface area contributed by atoms with Gasteiger partial charge < -0.3 is 9.47 Å². The Balaban J connectivity index is 1.62. The normalized spacial score (nSPS) is 10.7. The van der Waals surface area contributed by atoms with E-state index in [1.807, 2.05) is 42.5 Å². The predicted molar refractivity (Wildman–Crippen MR) is 108 cm³/mol. The summed E-state index contributed by atoms with van der Waals surface area (Å²) in [6.07, 6.45) is 1.54. The highest BCUT2D eigenvalue weighted by Gasteiger charge is 2.08. The fourth-order valence-corrected chi connectivity index (χ4v) is 3.21. The van der Waals surface area contributed by atoms with Crippen LogP contribution in [-0.4, -0.2) is 19.2 Å². The maximum absolute atomic E-state index is 11.9. The molecule has 3 rings (SSSR count). The standard InChI is InChI=1S/C20H17ClN2O3S/c1-25-17-11-15(12-22-23-20(24)18-9-10-19(21)27-18)7-8-16(17)26-13-14-5-3-2-4-6-14/h2-12H,13H2,1H3,(H,23,24). The number of rotatable bonds is 7. The van der Waals surface area contributed by atoms with Gasteiger partial charge in [0.05, 0.1) is 22.5 Å². The van der Waals surface area contributed by atoms with Crippen molar-refractivity contribution < 1.29 is 14.3 Å². The number of carbonyl (C=O) groups is 1. The van der Waals surface area contributed by atoms with E-state index in [1.165, 1.54) is 17.6 Å². The maximum atomic E-state index is 11.9. The first-order valence-corrected chi connectivity index (χ1v) is 9.28. The van der Waals surface area contributed by atoms with E-state index in [0.29, 0.717) is 27.3 Å². The van der Waals surface area contributed by atoms with E-state index < -0.39 is 0 Å². The van der Waals surface area contributed by atoms with Crippen LogP contribution >= 0.6 is 22.9 Å². The second-order valence-corrected chi connectivity index (χ2v) is 7.20. The number of thiophene rings is 1. The number of hydrazone groups is 1. The van der Waals surface area contributed by atoms with Crippen molar-refractivity contribution in [3.63, 3.8) is 0 Å². The van der Waals surface area contributed by atoms with Gasteiger partial charge in [0, 0.05) is 0 Å². The molecule has 1 aromatic heterocycles. The van der Waals surface area contributed by atoms with Crippen molar-refractivity contribution in [1.82, 2.24) is 5.43 Å². The van der Waals surface area contributed by atoms with E-state index in [9.17, 15) is 4.79 Å². The third-order valence-electron chi connectivity index (χ3n) is 3.60. The SMILES string of the molecule is COc1cc(C=NNC(=O)c2ccc(Cl)s2)ccc1OCc1ccccc1. The Morgan fingerprint density at radius 2 is 1.96 bits per heavy atom. The minimum absolute atomic E-state index is 0.307. The van der Waals surface area contributed by atoms with Gasteiger partial charge in [0.25, 0.3) is 5.91 Å². The first-order valence-electron chi connectivity index (χ1n) is 8.09. The molecular formula is C20H17ClN2O3S. The molecule has 0 aliphatic rings. The smallest absolute Gasteiger partial charge is 0.281 e. The van der Waals surface area contributed by atoms with Crippen molar-refractivity contribution in [2.75, 3.05) is 7.11 Å². The molecule has 1 heterocycles. The Bertz CT molecular complexity index is 941. The van der Waals surface area contributed by atoms with Gasteiger partial charge in [0.1, 0.15) is 6.61 Å². The van der Waals surface area contributed by atoms with E-state index >= 15 is 0 Å². The average Bonchev–Trinajstić information content (AvgIpc) is 3.14. The molecule has 1 N–H and O–H groups in total. The molecule has 138 valence electrons. The van der Waals surface area contributed by atoms with Gasteiger partial charge in [0.15, 0.2) is 11.5 Å². The summed E-state index contributed by atoms with van der Waals surface area (Å²) < 4.78 is 11.8. The summed E-state index contributed by atoms with van der Waals surface area (Å²) in [5, 5.41) is 3.97. The van der Waals surface area contributed by atoms with Crippen molar-refractivity contribution in [1.29, 1.82) is 0 Å². The van der Waals surface area contributed by atoms with Crippen LogP contribution < -0.4 is 14.9 Å². The molecule has 0 saturated heterocycles. The molecule has 0 bridgehead atoms. The minimum atomic E-state index is -0.307. The monoisotopic (exact) mass is 400 g/mol.